The Bertz CT molecular complexity index is 508. The highest BCUT2D eigenvalue weighted by molar-refractivity contribution is 5.96. The number of hydrogen-bond acceptors (Lipinski definition) is 2. The molecule has 0 bridgehead atoms. The van der Waals surface area contributed by atoms with Gasteiger partial charge < -0.3 is 4.74 Å². The second kappa shape index (κ2) is 5.68. The molecule has 0 radical (unpaired) electrons. The van der Waals surface area contributed by atoms with E-state index >= 15 is 0 Å². The van der Waals surface area contributed by atoms with Gasteiger partial charge >= 0.3 is 12.8 Å². The molecule has 9 heteroatoms. The minimum absolute atomic E-state index is 0.486. The zero-order valence-electron chi connectivity index (χ0n) is 9.77. The van der Waals surface area contributed by atoms with E-state index in [1.807, 2.05) is 0 Å². The zero-order valence-corrected chi connectivity index (χ0v) is 9.77. The molecule has 1 aromatic rings. The first kappa shape index (κ1) is 16.3. The number of rotatable bonds is 4. The summed E-state index contributed by atoms with van der Waals surface area (Å²) in [6, 6.07) is 1.01. The lowest BCUT2D eigenvalue weighted by Gasteiger charge is -2.19. The summed E-state index contributed by atoms with van der Waals surface area (Å²) < 4.78 is 91.7. The highest BCUT2D eigenvalue weighted by atomic mass is 19.4. The van der Waals surface area contributed by atoms with Gasteiger partial charge in [0.2, 0.25) is 0 Å². The Labute approximate surface area is 108 Å². The summed E-state index contributed by atoms with van der Waals surface area (Å²) in [6.07, 6.45) is -9.05. The van der Waals surface area contributed by atoms with Gasteiger partial charge in [0, 0.05) is 5.56 Å². The average molecular weight is 304 g/mol. The molecule has 0 amide bonds. The molecular formula is C11H7F7O2. The lowest BCUT2D eigenvalue weighted by Crippen LogP contribution is -2.17. The van der Waals surface area contributed by atoms with Gasteiger partial charge in [-0.15, -0.1) is 0 Å². The van der Waals surface area contributed by atoms with Crippen LogP contribution in [0, 0.1) is 0 Å². The van der Waals surface area contributed by atoms with Crippen molar-refractivity contribution in [2.45, 2.75) is 26.1 Å². The summed E-state index contributed by atoms with van der Waals surface area (Å²) in [7, 11) is 0. The molecule has 0 aliphatic rings. The molecule has 0 spiro atoms. The van der Waals surface area contributed by atoms with E-state index in [4.69, 9.17) is 0 Å². The third-order valence-corrected chi connectivity index (χ3v) is 2.30. The van der Waals surface area contributed by atoms with Gasteiger partial charge in [-0.05, 0) is 19.1 Å². The molecule has 20 heavy (non-hydrogen) atoms. The van der Waals surface area contributed by atoms with Crippen molar-refractivity contribution < 1.29 is 40.3 Å². The van der Waals surface area contributed by atoms with Crippen LogP contribution in [0.2, 0.25) is 0 Å². The predicted molar refractivity (Wildman–Crippen MR) is 53.0 cm³/mol. The maximum Gasteiger partial charge on any atom is 0.417 e. The first-order chi connectivity index (χ1) is 9.05. The number of hydrogen-bond donors (Lipinski definition) is 0. The fraction of sp³-hybridized carbons (Fsp3) is 0.364. The fourth-order valence-corrected chi connectivity index (χ4v) is 1.61. The van der Waals surface area contributed by atoms with Crippen LogP contribution >= 0.6 is 0 Å². The van der Waals surface area contributed by atoms with E-state index in [0.717, 1.165) is 6.92 Å². The maximum atomic E-state index is 12.8. The smallest absolute Gasteiger partial charge is 0.417 e. The van der Waals surface area contributed by atoms with E-state index in [0.29, 0.717) is 12.1 Å². The average Bonchev–Trinajstić information content (AvgIpc) is 2.25. The molecular weight excluding hydrogens is 297 g/mol. The van der Waals surface area contributed by atoms with Crippen LogP contribution in [0.1, 0.15) is 34.8 Å². The first-order valence-corrected chi connectivity index (χ1v) is 5.03. The second-order valence-electron chi connectivity index (χ2n) is 3.63. The summed E-state index contributed by atoms with van der Waals surface area (Å²) in [6.45, 7) is -2.83. The first-order valence-electron chi connectivity index (χ1n) is 5.03. The van der Waals surface area contributed by atoms with Crippen LogP contribution < -0.4 is 4.74 Å². The summed E-state index contributed by atoms with van der Waals surface area (Å²) in [5.74, 6) is -2.44. The van der Waals surface area contributed by atoms with Gasteiger partial charge in [-0.25, -0.2) is 8.78 Å². The van der Waals surface area contributed by atoms with Crippen molar-refractivity contribution >= 4 is 5.78 Å². The monoisotopic (exact) mass is 304 g/mol. The van der Waals surface area contributed by atoms with Crippen molar-refractivity contribution in [2.75, 3.05) is 0 Å². The number of benzene rings is 1. The van der Waals surface area contributed by atoms with Crippen molar-refractivity contribution in [3.8, 4) is 5.75 Å². The molecule has 1 aromatic carbocycles. The van der Waals surface area contributed by atoms with Crippen molar-refractivity contribution in [1.29, 1.82) is 0 Å². The fourth-order valence-electron chi connectivity index (χ4n) is 1.61. The Morgan fingerprint density at radius 1 is 1.15 bits per heavy atom. The largest absolute Gasteiger partial charge is 0.434 e. The molecule has 0 aromatic heterocycles. The Morgan fingerprint density at radius 3 is 2.05 bits per heavy atom. The van der Waals surface area contributed by atoms with E-state index in [9.17, 15) is 35.5 Å². The molecule has 0 N–H and O–H groups in total. The van der Waals surface area contributed by atoms with Crippen LogP contribution in [-0.4, -0.2) is 12.4 Å². The van der Waals surface area contributed by atoms with Crippen molar-refractivity contribution in [2.24, 2.45) is 0 Å². The van der Waals surface area contributed by atoms with Crippen molar-refractivity contribution in [3.05, 3.63) is 28.8 Å². The van der Waals surface area contributed by atoms with E-state index in [1.165, 1.54) is 0 Å². The SMILES string of the molecule is CC(=O)c1ccc(OC(F)F)c(C(F)F)c1C(F)(F)F. The minimum atomic E-state index is -5.31. The number of alkyl halides is 7. The molecule has 0 aliphatic carbocycles. The number of Topliss-reactive ketones (excluding diaryl/α,β-unsaturated/α-hetero) is 1. The van der Waals surface area contributed by atoms with Gasteiger partial charge in [0.25, 0.3) is 6.43 Å². The topological polar surface area (TPSA) is 26.3 Å². The van der Waals surface area contributed by atoms with Crippen LogP contribution in [0.3, 0.4) is 0 Å². The minimum Gasteiger partial charge on any atom is -0.434 e. The van der Waals surface area contributed by atoms with Gasteiger partial charge in [-0.2, -0.15) is 22.0 Å². The van der Waals surface area contributed by atoms with Crippen LogP contribution in [0.5, 0.6) is 5.75 Å². The van der Waals surface area contributed by atoms with Crippen LogP contribution in [0.15, 0.2) is 12.1 Å². The molecule has 0 unspecified atom stereocenters. The molecule has 0 atom stereocenters. The summed E-state index contributed by atoms with van der Waals surface area (Å²) in [5, 5.41) is 0. The van der Waals surface area contributed by atoms with E-state index in [-0.39, 0.29) is 0 Å². The molecule has 0 heterocycles. The molecule has 0 aliphatic heterocycles. The van der Waals surface area contributed by atoms with E-state index < -0.39 is 47.4 Å². The van der Waals surface area contributed by atoms with Crippen molar-refractivity contribution in [3.63, 3.8) is 0 Å². The number of halogens is 7. The summed E-state index contributed by atoms with van der Waals surface area (Å²) in [4.78, 5) is 11.1. The molecule has 1 rings (SSSR count). The van der Waals surface area contributed by atoms with Gasteiger partial charge in [0.15, 0.2) is 5.78 Å². The molecule has 0 fully saturated rings. The number of carbonyl (C=O) groups is 1. The Hall–Kier alpha value is -1.80. The molecule has 0 saturated carbocycles. The number of ether oxygens (including phenoxy) is 1. The van der Waals surface area contributed by atoms with Crippen molar-refractivity contribution in [1.82, 2.24) is 0 Å². The predicted octanol–water partition coefficient (Wildman–Crippen LogP) is 4.45. The third-order valence-electron chi connectivity index (χ3n) is 2.30. The van der Waals surface area contributed by atoms with Crippen LogP contribution in [-0.2, 0) is 6.18 Å². The Kier molecular flexibility index (Phi) is 4.61. The number of carbonyl (C=O) groups excluding carboxylic acids is 1. The Morgan fingerprint density at radius 2 is 1.70 bits per heavy atom. The quantitative estimate of drug-likeness (QED) is 0.607. The maximum absolute atomic E-state index is 12.8. The van der Waals surface area contributed by atoms with Gasteiger partial charge in [0.05, 0.1) is 11.1 Å². The standard InChI is InChI=1S/C11H7F7O2/c1-4(19)5-2-3-6(20-10(14)15)7(9(12)13)8(5)11(16,17)18/h2-3,9-10H,1H3. The molecule has 112 valence electrons. The van der Waals surface area contributed by atoms with Gasteiger partial charge in [0.1, 0.15) is 5.75 Å². The zero-order chi connectivity index (χ0) is 15.7. The number of ketones is 1. The van der Waals surface area contributed by atoms with Crippen LogP contribution in [0.4, 0.5) is 30.7 Å². The third kappa shape index (κ3) is 3.40. The lowest BCUT2D eigenvalue weighted by atomic mass is 9.97. The van der Waals surface area contributed by atoms with Crippen LogP contribution in [0.25, 0.3) is 0 Å². The summed E-state index contributed by atoms with van der Waals surface area (Å²) >= 11 is 0. The van der Waals surface area contributed by atoms with Gasteiger partial charge in [-0.3, -0.25) is 4.79 Å². The summed E-state index contributed by atoms with van der Waals surface area (Å²) in [5.41, 5.74) is -4.77. The van der Waals surface area contributed by atoms with Gasteiger partial charge in [-0.1, -0.05) is 0 Å². The Balaban J connectivity index is 3.66. The highest BCUT2D eigenvalue weighted by Gasteiger charge is 2.41. The molecule has 0 saturated heterocycles. The molecule has 2 nitrogen and oxygen atoms in total. The lowest BCUT2D eigenvalue weighted by molar-refractivity contribution is -0.140. The van der Waals surface area contributed by atoms with E-state index in [2.05, 4.69) is 4.74 Å². The highest BCUT2D eigenvalue weighted by Crippen LogP contribution is 2.43. The normalized spacial score (nSPS) is 12.1. The second-order valence-corrected chi connectivity index (χ2v) is 3.63. The van der Waals surface area contributed by atoms with E-state index in [1.54, 1.807) is 0 Å².